The smallest absolute Gasteiger partial charge is 0.290 e. The van der Waals surface area contributed by atoms with E-state index in [0.29, 0.717) is 0 Å². The van der Waals surface area contributed by atoms with Crippen LogP contribution in [-0.4, -0.2) is 26.6 Å². The Morgan fingerprint density at radius 2 is 1.76 bits per heavy atom. The number of carbonyl (C=O) groups excluding carboxylic acids is 1. The predicted octanol–water partition coefficient (Wildman–Crippen LogP) is 3.54. The van der Waals surface area contributed by atoms with E-state index in [9.17, 15) is 26.4 Å². The van der Waals surface area contributed by atoms with Crippen LogP contribution in [0.5, 0.6) is 0 Å². The first-order valence-corrected chi connectivity index (χ1v) is 8.12. The molecule has 0 aliphatic carbocycles. The minimum absolute atomic E-state index is 0.131. The highest BCUT2D eigenvalue weighted by Crippen LogP contribution is 2.36. The first-order valence-electron chi connectivity index (χ1n) is 5.85. The van der Waals surface area contributed by atoms with E-state index in [2.05, 4.69) is 0 Å². The monoisotopic (exact) mass is 342 g/mol. The van der Waals surface area contributed by atoms with Gasteiger partial charge in [0.25, 0.3) is 0 Å². The molecule has 0 unspecified atom stereocenters. The van der Waals surface area contributed by atoms with E-state index in [1.807, 2.05) is 0 Å². The molecule has 0 atom stereocenters. The van der Waals surface area contributed by atoms with Gasteiger partial charge in [-0.1, -0.05) is 31.5 Å². The summed E-state index contributed by atoms with van der Waals surface area (Å²) in [4.78, 5) is 11.0. The molecule has 0 bridgehead atoms. The van der Waals surface area contributed by atoms with Crippen LogP contribution < -0.4 is 0 Å². The van der Waals surface area contributed by atoms with E-state index < -0.39 is 33.6 Å². The fraction of sp³-hybridized carbons (Fsp3) is 0.462. The van der Waals surface area contributed by atoms with Gasteiger partial charge >= 0.3 is 6.18 Å². The largest absolute Gasteiger partial charge is 0.450 e. The van der Waals surface area contributed by atoms with Gasteiger partial charge in [-0.15, -0.1) is 0 Å². The maximum Gasteiger partial charge on any atom is 0.450 e. The lowest BCUT2D eigenvalue weighted by Crippen LogP contribution is -2.31. The van der Waals surface area contributed by atoms with E-state index in [1.54, 1.807) is 0 Å². The third-order valence-electron chi connectivity index (χ3n) is 2.99. The van der Waals surface area contributed by atoms with Gasteiger partial charge in [0.1, 0.15) is 0 Å². The zero-order valence-electron chi connectivity index (χ0n) is 11.6. The summed E-state index contributed by atoms with van der Waals surface area (Å²) in [6, 6.07) is 3.89. The van der Waals surface area contributed by atoms with Gasteiger partial charge in [0.15, 0.2) is 9.84 Å². The van der Waals surface area contributed by atoms with Crippen LogP contribution in [0.15, 0.2) is 23.1 Å². The highest BCUT2D eigenvalue weighted by Gasteiger charge is 2.42. The van der Waals surface area contributed by atoms with Crippen molar-refractivity contribution in [3.63, 3.8) is 0 Å². The molecule has 0 aliphatic rings. The van der Waals surface area contributed by atoms with Crippen molar-refractivity contribution < 1.29 is 26.4 Å². The van der Waals surface area contributed by atoms with Gasteiger partial charge in [0, 0.05) is 17.7 Å². The third kappa shape index (κ3) is 4.44. The van der Waals surface area contributed by atoms with Crippen molar-refractivity contribution >= 4 is 27.2 Å². The number of rotatable bonds is 4. The molecule has 3 nitrogen and oxygen atoms in total. The van der Waals surface area contributed by atoms with E-state index in [4.69, 9.17) is 11.6 Å². The van der Waals surface area contributed by atoms with Crippen LogP contribution in [0.2, 0.25) is 5.02 Å². The number of ketones is 1. The molecule has 0 fully saturated rings. The number of hydrogen-bond acceptors (Lipinski definition) is 3. The molecule has 1 aromatic carbocycles. The maximum absolute atomic E-state index is 12.4. The fourth-order valence-corrected chi connectivity index (χ4v) is 3.28. The van der Waals surface area contributed by atoms with E-state index >= 15 is 0 Å². The average Bonchev–Trinajstić information content (AvgIpc) is 2.25. The summed E-state index contributed by atoms with van der Waals surface area (Å²) in [5, 5.41) is 0.150. The molecule has 1 aromatic rings. The molecule has 0 saturated carbocycles. The molecule has 0 saturated heterocycles. The summed E-state index contributed by atoms with van der Waals surface area (Å²) in [5.74, 6) is -1.90. The lowest BCUT2D eigenvalue weighted by Gasteiger charge is -2.27. The lowest BCUT2D eigenvalue weighted by atomic mass is 9.80. The molecule has 118 valence electrons. The second-order valence-corrected chi connectivity index (χ2v) is 7.81. The molecule has 0 spiro atoms. The highest BCUT2D eigenvalue weighted by molar-refractivity contribution is 7.90. The van der Waals surface area contributed by atoms with Gasteiger partial charge in [-0.25, -0.2) is 8.42 Å². The Morgan fingerprint density at radius 3 is 2.19 bits per heavy atom. The Labute approximate surface area is 126 Å². The number of hydrogen-bond donors (Lipinski definition) is 0. The van der Waals surface area contributed by atoms with Crippen LogP contribution in [0.3, 0.4) is 0 Å². The van der Waals surface area contributed by atoms with E-state index in [-0.39, 0.29) is 15.5 Å². The summed E-state index contributed by atoms with van der Waals surface area (Å²) >= 11 is 5.74. The minimum Gasteiger partial charge on any atom is -0.290 e. The van der Waals surface area contributed by atoms with Crippen LogP contribution in [0, 0.1) is 0 Å². The third-order valence-corrected chi connectivity index (χ3v) is 4.36. The second-order valence-electron chi connectivity index (χ2n) is 5.39. The number of sulfone groups is 1. The molecule has 8 heteroatoms. The van der Waals surface area contributed by atoms with Crippen molar-refractivity contribution in [1.29, 1.82) is 0 Å². The molecule has 0 amide bonds. The van der Waals surface area contributed by atoms with E-state index in [1.165, 1.54) is 32.0 Å². The van der Waals surface area contributed by atoms with Gasteiger partial charge in [-0.2, -0.15) is 13.2 Å². The zero-order valence-corrected chi connectivity index (χ0v) is 13.2. The van der Waals surface area contributed by atoms with Gasteiger partial charge in [-0.05, 0) is 23.1 Å². The Bertz CT molecular complexity index is 664. The topological polar surface area (TPSA) is 51.2 Å². The van der Waals surface area contributed by atoms with Gasteiger partial charge in [-0.3, -0.25) is 4.79 Å². The Morgan fingerprint density at radius 1 is 1.24 bits per heavy atom. The highest BCUT2D eigenvalue weighted by atomic mass is 35.5. The van der Waals surface area contributed by atoms with Gasteiger partial charge < -0.3 is 0 Å². The van der Waals surface area contributed by atoms with Gasteiger partial charge in [0.2, 0.25) is 5.78 Å². The summed E-state index contributed by atoms with van der Waals surface area (Å²) < 4.78 is 60.8. The molecule has 0 radical (unpaired) electrons. The average molecular weight is 343 g/mol. The van der Waals surface area contributed by atoms with Crippen molar-refractivity contribution in [2.45, 2.75) is 36.8 Å². The first kappa shape index (κ1) is 18.0. The van der Waals surface area contributed by atoms with Crippen LogP contribution in [0.4, 0.5) is 13.2 Å². The fourth-order valence-electron chi connectivity index (χ4n) is 1.96. The number of alkyl halides is 3. The van der Waals surface area contributed by atoms with Crippen molar-refractivity contribution in [3.8, 4) is 0 Å². The Kier molecular flexibility index (Phi) is 4.80. The number of Topliss-reactive ketones (excluding diaryl/α,β-unsaturated/α-hetero) is 1. The van der Waals surface area contributed by atoms with Crippen molar-refractivity contribution in [1.82, 2.24) is 0 Å². The van der Waals surface area contributed by atoms with E-state index in [0.717, 1.165) is 6.26 Å². The van der Waals surface area contributed by atoms with Crippen molar-refractivity contribution in [2.75, 3.05) is 6.26 Å². The standard InChI is InChI=1S/C13H14ClF3O3S/c1-12(2,7-11(18)13(15,16)17)9-5-4-8(14)6-10(9)21(3,19)20/h4-6H,7H2,1-3H3. The lowest BCUT2D eigenvalue weighted by molar-refractivity contribution is -0.172. The van der Waals surface area contributed by atoms with Crippen LogP contribution >= 0.6 is 11.6 Å². The maximum atomic E-state index is 12.4. The number of benzene rings is 1. The second kappa shape index (κ2) is 5.61. The normalized spacial score (nSPS) is 13.3. The quantitative estimate of drug-likeness (QED) is 0.841. The van der Waals surface area contributed by atoms with Crippen LogP contribution in [0.25, 0.3) is 0 Å². The van der Waals surface area contributed by atoms with Gasteiger partial charge in [0.05, 0.1) is 4.90 Å². The molecular formula is C13H14ClF3O3S. The summed E-state index contributed by atoms with van der Waals surface area (Å²) in [6.45, 7) is 2.77. The summed E-state index contributed by atoms with van der Waals surface area (Å²) in [6.07, 6.45) is -4.86. The van der Waals surface area contributed by atoms with Crippen LogP contribution in [-0.2, 0) is 20.0 Å². The molecule has 0 N–H and O–H groups in total. The first-order chi connectivity index (χ1) is 9.25. The summed E-state index contributed by atoms with van der Waals surface area (Å²) in [5.41, 5.74) is -1.16. The molecule has 0 heterocycles. The summed E-state index contributed by atoms with van der Waals surface area (Å²) in [7, 11) is -3.69. The molecular weight excluding hydrogens is 329 g/mol. The number of halogens is 4. The molecule has 0 aliphatic heterocycles. The van der Waals surface area contributed by atoms with Crippen molar-refractivity contribution in [2.24, 2.45) is 0 Å². The predicted molar refractivity (Wildman–Crippen MR) is 73.3 cm³/mol. The Balaban J connectivity index is 3.36. The zero-order chi connectivity index (χ0) is 16.6. The molecule has 1 rings (SSSR count). The SMILES string of the molecule is CC(C)(CC(=O)C(F)(F)F)c1ccc(Cl)cc1S(C)(=O)=O. The number of carbonyl (C=O) groups is 1. The molecule has 21 heavy (non-hydrogen) atoms. The molecule has 0 aromatic heterocycles. The van der Waals surface area contributed by atoms with Crippen molar-refractivity contribution in [3.05, 3.63) is 28.8 Å². The van der Waals surface area contributed by atoms with Crippen LogP contribution in [0.1, 0.15) is 25.8 Å². The minimum atomic E-state index is -4.95. The Hall–Kier alpha value is -1.08.